The van der Waals surface area contributed by atoms with Crippen LogP contribution in [0.25, 0.3) is 0 Å². The molecule has 1 aromatic carbocycles. The third-order valence-electron chi connectivity index (χ3n) is 1.53. The number of carbonyl (C=O) groups is 1. The zero-order valence-corrected chi connectivity index (χ0v) is 9.26. The Labute approximate surface area is 95.3 Å². The molecule has 0 radical (unpaired) electrons. The van der Waals surface area contributed by atoms with Gasteiger partial charge in [-0.15, -0.1) is 11.8 Å². The number of benzene rings is 1. The first-order valence-electron chi connectivity index (χ1n) is 3.81. The number of isocyanates is 1. The fraction of sp³-hybridized carbons (Fsp3) is 0.111. The Morgan fingerprint density at radius 1 is 1.60 bits per heavy atom. The van der Waals surface area contributed by atoms with E-state index in [1.54, 1.807) is 12.1 Å². The van der Waals surface area contributed by atoms with E-state index in [0.717, 1.165) is 0 Å². The van der Waals surface area contributed by atoms with Gasteiger partial charge < -0.3 is 4.74 Å². The van der Waals surface area contributed by atoms with Gasteiger partial charge in [0.25, 0.3) is 0 Å². The van der Waals surface area contributed by atoms with Crippen LogP contribution in [0.5, 0.6) is 5.75 Å². The first-order valence-corrected chi connectivity index (χ1v) is 5.41. The second-order valence-corrected chi connectivity index (χ2v) is 3.51. The van der Waals surface area contributed by atoms with Crippen LogP contribution >= 0.6 is 23.4 Å². The summed E-state index contributed by atoms with van der Waals surface area (Å²) in [5.74, 6) is 0.144. The minimum absolute atomic E-state index is 0.144. The highest BCUT2D eigenvalue weighted by Gasteiger charge is 2.10. The van der Waals surface area contributed by atoms with E-state index in [-0.39, 0.29) is 11.4 Å². The van der Waals surface area contributed by atoms with Crippen LogP contribution in [0.4, 0.5) is 10.5 Å². The molecule has 0 saturated heterocycles. The molecule has 0 aromatic heterocycles. The monoisotopic (exact) mass is 243 g/mol. The first-order chi connectivity index (χ1) is 7.19. The molecule has 0 amide bonds. The molecule has 0 saturated carbocycles. The normalized spacial score (nSPS) is 9.20. The van der Waals surface area contributed by atoms with Gasteiger partial charge in [-0.1, -0.05) is 6.07 Å². The van der Waals surface area contributed by atoms with Crippen molar-refractivity contribution in [3.8, 4) is 5.75 Å². The lowest BCUT2D eigenvalue weighted by Crippen LogP contribution is -1.96. The minimum Gasteiger partial charge on any atom is -0.412 e. The van der Waals surface area contributed by atoms with Crippen molar-refractivity contribution in [3.05, 3.63) is 18.2 Å². The van der Waals surface area contributed by atoms with Crippen molar-refractivity contribution in [2.24, 2.45) is 4.99 Å². The number of para-hydroxylation sites is 1. The lowest BCUT2D eigenvalue weighted by molar-refractivity contribution is 0.226. The summed E-state index contributed by atoms with van der Waals surface area (Å²) in [5.41, 5.74) is -0.718. The molecule has 0 aliphatic rings. The molecule has 0 unspecified atom stereocenters. The molecular weight excluding hydrogens is 238 g/mol. The number of thioether (sulfide) groups is 1. The van der Waals surface area contributed by atoms with Gasteiger partial charge in [-0.2, -0.15) is 4.99 Å². The molecule has 4 nitrogen and oxygen atoms in total. The quantitative estimate of drug-likeness (QED) is 0.354. The van der Waals surface area contributed by atoms with E-state index < -0.39 is 5.43 Å². The van der Waals surface area contributed by atoms with Crippen LogP contribution in [0.15, 0.2) is 28.1 Å². The van der Waals surface area contributed by atoms with Gasteiger partial charge in [0.05, 0.1) is 0 Å². The van der Waals surface area contributed by atoms with Crippen molar-refractivity contribution < 1.29 is 14.3 Å². The van der Waals surface area contributed by atoms with Crippen molar-refractivity contribution in [2.45, 2.75) is 4.90 Å². The Balaban J connectivity index is 3.24. The van der Waals surface area contributed by atoms with Gasteiger partial charge in [0, 0.05) is 16.5 Å². The van der Waals surface area contributed by atoms with Crippen molar-refractivity contribution in [3.63, 3.8) is 0 Å². The van der Waals surface area contributed by atoms with Crippen LogP contribution in [-0.2, 0) is 4.79 Å². The molecule has 1 aromatic rings. The third kappa shape index (κ3) is 3.09. The van der Waals surface area contributed by atoms with E-state index in [4.69, 9.17) is 11.6 Å². The second kappa shape index (κ2) is 5.56. The van der Waals surface area contributed by atoms with E-state index in [0.29, 0.717) is 4.90 Å². The summed E-state index contributed by atoms with van der Waals surface area (Å²) in [6, 6.07) is 4.91. The molecule has 0 heterocycles. The zero-order chi connectivity index (χ0) is 11.3. The molecule has 0 aliphatic heterocycles. The summed E-state index contributed by atoms with van der Waals surface area (Å²) in [7, 11) is 0. The molecule has 0 spiro atoms. The molecule has 78 valence electrons. The molecule has 0 bridgehead atoms. The Morgan fingerprint density at radius 2 is 2.33 bits per heavy atom. The molecule has 6 heteroatoms. The molecular formula is C9H6ClNO3S. The highest BCUT2D eigenvalue weighted by molar-refractivity contribution is 7.98. The van der Waals surface area contributed by atoms with Gasteiger partial charge in [0.1, 0.15) is 5.69 Å². The predicted octanol–water partition coefficient (Wildman–Crippen LogP) is 3.11. The van der Waals surface area contributed by atoms with E-state index in [1.807, 2.05) is 6.26 Å². The molecule has 1 rings (SSSR count). The van der Waals surface area contributed by atoms with Crippen LogP contribution in [0.1, 0.15) is 0 Å². The van der Waals surface area contributed by atoms with Crippen molar-refractivity contribution >= 4 is 40.6 Å². The first kappa shape index (κ1) is 11.8. The maximum absolute atomic E-state index is 10.6. The van der Waals surface area contributed by atoms with Crippen LogP contribution in [0.2, 0.25) is 0 Å². The minimum atomic E-state index is -0.976. The summed E-state index contributed by atoms with van der Waals surface area (Å²) in [5, 5.41) is 0. The van der Waals surface area contributed by atoms with Gasteiger partial charge >= 0.3 is 5.43 Å². The Kier molecular flexibility index (Phi) is 4.37. The number of aliphatic imine (C=N–C) groups is 1. The van der Waals surface area contributed by atoms with Crippen LogP contribution < -0.4 is 4.74 Å². The average molecular weight is 244 g/mol. The lowest BCUT2D eigenvalue weighted by atomic mass is 10.3. The molecule has 0 atom stereocenters. The molecule has 0 N–H and O–H groups in total. The summed E-state index contributed by atoms with van der Waals surface area (Å²) in [6.45, 7) is 0. The fourth-order valence-corrected chi connectivity index (χ4v) is 1.63. The summed E-state index contributed by atoms with van der Waals surface area (Å²) >= 11 is 6.44. The largest absolute Gasteiger partial charge is 0.412 e. The molecule has 0 fully saturated rings. The zero-order valence-electron chi connectivity index (χ0n) is 7.69. The molecule has 0 aliphatic carbocycles. The number of ether oxygens (including phenoxy) is 1. The topological polar surface area (TPSA) is 55.7 Å². The van der Waals surface area contributed by atoms with Gasteiger partial charge in [-0.05, 0) is 18.4 Å². The lowest BCUT2D eigenvalue weighted by Gasteiger charge is -2.06. The average Bonchev–Trinajstić information content (AvgIpc) is 2.20. The van der Waals surface area contributed by atoms with E-state index in [1.165, 1.54) is 23.9 Å². The van der Waals surface area contributed by atoms with Crippen molar-refractivity contribution in [1.29, 1.82) is 0 Å². The summed E-state index contributed by atoms with van der Waals surface area (Å²) < 4.78 is 4.68. The summed E-state index contributed by atoms with van der Waals surface area (Å²) in [4.78, 5) is 24.9. The number of carbonyl (C=O) groups excluding carboxylic acids is 2. The SMILES string of the molecule is CSc1cccc(OC(=O)Cl)c1N=C=O. The highest BCUT2D eigenvalue weighted by atomic mass is 35.5. The predicted molar refractivity (Wildman–Crippen MR) is 57.9 cm³/mol. The van der Waals surface area contributed by atoms with Gasteiger partial charge in [-0.25, -0.2) is 9.59 Å². The second-order valence-electron chi connectivity index (χ2n) is 2.35. The Hall–Kier alpha value is -1.29. The smallest absolute Gasteiger partial charge is 0.409 e. The van der Waals surface area contributed by atoms with Crippen LogP contribution in [0, 0.1) is 0 Å². The third-order valence-corrected chi connectivity index (χ3v) is 2.38. The van der Waals surface area contributed by atoms with Crippen LogP contribution in [-0.4, -0.2) is 17.8 Å². The summed E-state index contributed by atoms with van der Waals surface area (Å²) in [6.07, 6.45) is 3.21. The maximum atomic E-state index is 10.6. The van der Waals surface area contributed by atoms with Gasteiger partial charge in [0.15, 0.2) is 5.75 Å². The molecule has 15 heavy (non-hydrogen) atoms. The number of hydrogen-bond donors (Lipinski definition) is 0. The Morgan fingerprint density at radius 3 is 2.87 bits per heavy atom. The van der Waals surface area contributed by atoms with Gasteiger partial charge in [-0.3, -0.25) is 0 Å². The number of halogens is 1. The van der Waals surface area contributed by atoms with E-state index >= 15 is 0 Å². The van der Waals surface area contributed by atoms with Crippen molar-refractivity contribution in [2.75, 3.05) is 6.26 Å². The highest BCUT2D eigenvalue weighted by Crippen LogP contribution is 2.36. The van der Waals surface area contributed by atoms with E-state index in [9.17, 15) is 9.59 Å². The standard InChI is InChI=1S/C9H6ClNO3S/c1-15-7-4-2-3-6(14-9(10)13)8(7)11-5-12/h2-4H,1H3. The van der Waals surface area contributed by atoms with Gasteiger partial charge in [0.2, 0.25) is 6.08 Å². The Bertz CT molecular complexity index is 429. The maximum Gasteiger partial charge on any atom is 0.409 e. The van der Waals surface area contributed by atoms with Crippen molar-refractivity contribution in [1.82, 2.24) is 0 Å². The fourth-order valence-electron chi connectivity index (χ4n) is 0.992. The number of hydrogen-bond acceptors (Lipinski definition) is 5. The number of rotatable bonds is 3. The van der Waals surface area contributed by atoms with E-state index in [2.05, 4.69) is 9.73 Å². The van der Waals surface area contributed by atoms with Crippen LogP contribution in [0.3, 0.4) is 0 Å². The number of nitrogens with zero attached hydrogens (tertiary/aromatic N) is 1.